The standard InChI is InChI=1S/C14H30Si/c1-5-9-10-11-12-13-14-15(6-2,7-3)8-4/h13-14H,5-12H2,1-4H3/b14-13+. The van der Waals surface area contributed by atoms with Crippen molar-refractivity contribution < 1.29 is 0 Å². The third kappa shape index (κ3) is 6.19. The van der Waals surface area contributed by atoms with Crippen molar-refractivity contribution in [2.24, 2.45) is 0 Å². The van der Waals surface area contributed by atoms with Gasteiger partial charge in [-0.3, -0.25) is 0 Å². The molecular weight excluding hydrogens is 196 g/mol. The van der Waals surface area contributed by atoms with Crippen molar-refractivity contribution in [2.45, 2.75) is 77.9 Å². The summed E-state index contributed by atoms with van der Waals surface area (Å²) in [5, 5.41) is 0. The highest BCUT2D eigenvalue weighted by Gasteiger charge is 2.22. The fraction of sp³-hybridized carbons (Fsp3) is 0.857. The van der Waals surface area contributed by atoms with E-state index in [0.29, 0.717) is 0 Å². The van der Waals surface area contributed by atoms with Crippen LogP contribution in [0.1, 0.15) is 59.8 Å². The molecule has 0 heterocycles. The van der Waals surface area contributed by atoms with Crippen LogP contribution in [0.4, 0.5) is 0 Å². The van der Waals surface area contributed by atoms with Gasteiger partial charge in [0, 0.05) is 0 Å². The van der Waals surface area contributed by atoms with Crippen LogP contribution in [0.5, 0.6) is 0 Å². The van der Waals surface area contributed by atoms with Crippen LogP contribution in [0.15, 0.2) is 11.8 Å². The van der Waals surface area contributed by atoms with E-state index in [1.165, 1.54) is 50.2 Å². The first kappa shape index (κ1) is 15.0. The quantitative estimate of drug-likeness (QED) is 0.356. The van der Waals surface area contributed by atoms with Crippen LogP contribution in [0.25, 0.3) is 0 Å². The third-order valence-electron chi connectivity index (χ3n) is 3.81. The molecule has 1 heteroatoms. The van der Waals surface area contributed by atoms with Gasteiger partial charge in [-0.05, 0) is 12.8 Å². The van der Waals surface area contributed by atoms with Crippen molar-refractivity contribution in [1.29, 1.82) is 0 Å². The molecule has 0 radical (unpaired) electrons. The van der Waals surface area contributed by atoms with Crippen LogP contribution in [0, 0.1) is 0 Å². The SMILES string of the molecule is CCCCCC/C=C/[Si](CC)(CC)CC. The summed E-state index contributed by atoms with van der Waals surface area (Å²) in [6.45, 7) is 9.40. The molecule has 90 valence electrons. The fourth-order valence-corrected chi connectivity index (χ4v) is 5.00. The summed E-state index contributed by atoms with van der Waals surface area (Å²) in [5.41, 5.74) is 2.62. The van der Waals surface area contributed by atoms with Crippen LogP contribution in [0.3, 0.4) is 0 Å². The molecule has 0 amide bonds. The van der Waals surface area contributed by atoms with E-state index in [1.807, 2.05) is 0 Å². The number of hydrogen-bond acceptors (Lipinski definition) is 0. The lowest BCUT2D eigenvalue weighted by atomic mass is 10.2. The zero-order chi connectivity index (χ0) is 11.6. The molecule has 0 spiro atoms. The molecule has 0 aromatic heterocycles. The highest BCUT2D eigenvalue weighted by Crippen LogP contribution is 2.21. The molecule has 0 rings (SSSR count). The second-order valence-corrected chi connectivity index (χ2v) is 9.85. The second kappa shape index (κ2) is 9.20. The second-order valence-electron chi connectivity index (χ2n) is 4.67. The summed E-state index contributed by atoms with van der Waals surface area (Å²) in [5.74, 6) is 0. The van der Waals surface area contributed by atoms with Crippen LogP contribution < -0.4 is 0 Å². The van der Waals surface area contributed by atoms with Crippen molar-refractivity contribution in [3.8, 4) is 0 Å². The minimum absolute atomic E-state index is 0.966. The Labute approximate surface area is 98.2 Å². The van der Waals surface area contributed by atoms with E-state index < -0.39 is 8.07 Å². The van der Waals surface area contributed by atoms with Crippen molar-refractivity contribution in [2.75, 3.05) is 0 Å². The molecule has 0 aromatic carbocycles. The molecule has 0 saturated heterocycles. The van der Waals surface area contributed by atoms with Crippen molar-refractivity contribution in [3.63, 3.8) is 0 Å². The van der Waals surface area contributed by atoms with E-state index in [1.54, 1.807) is 0 Å². The molecule has 0 unspecified atom stereocenters. The molecule has 0 N–H and O–H groups in total. The van der Waals surface area contributed by atoms with Gasteiger partial charge in [0.15, 0.2) is 0 Å². The van der Waals surface area contributed by atoms with Gasteiger partial charge in [0.2, 0.25) is 0 Å². The van der Waals surface area contributed by atoms with E-state index in [-0.39, 0.29) is 0 Å². The van der Waals surface area contributed by atoms with E-state index in [0.717, 1.165) is 0 Å². The monoisotopic (exact) mass is 226 g/mol. The van der Waals surface area contributed by atoms with Gasteiger partial charge in [-0.15, -0.1) is 0 Å². The Morgan fingerprint density at radius 3 is 1.87 bits per heavy atom. The molecule has 0 fully saturated rings. The van der Waals surface area contributed by atoms with Gasteiger partial charge in [-0.25, -0.2) is 0 Å². The topological polar surface area (TPSA) is 0 Å². The van der Waals surface area contributed by atoms with Crippen LogP contribution >= 0.6 is 0 Å². The van der Waals surface area contributed by atoms with E-state index in [4.69, 9.17) is 0 Å². The van der Waals surface area contributed by atoms with Gasteiger partial charge < -0.3 is 0 Å². The predicted molar refractivity (Wildman–Crippen MR) is 75.1 cm³/mol. The Kier molecular flexibility index (Phi) is 9.18. The molecule has 0 aliphatic rings. The van der Waals surface area contributed by atoms with Crippen molar-refractivity contribution in [3.05, 3.63) is 11.8 Å². The average Bonchev–Trinajstić information content (AvgIpc) is 2.29. The Morgan fingerprint density at radius 2 is 1.40 bits per heavy atom. The van der Waals surface area contributed by atoms with Gasteiger partial charge in [0.05, 0.1) is 8.07 Å². The fourth-order valence-electron chi connectivity index (χ4n) is 2.13. The maximum atomic E-state index is 2.62. The highest BCUT2D eigenvalue weighted by atomic mass is 28.3. The van der Waals surface area contributed by atoms with Crippen LogP contribution in [-0.2, 0) is 0 Å². The van der Waals surface area contributed by atoms with Crippen LogP contribution in [0.2, 0.25) is 18.1 Å². The maximum Gasteiger partial charge on any atom is 0.0766 e. The predicted octanol–water partition coefficient (Wildman–Crippen LogP) is 5.56. The highest BCUT2D eigenvalue weighted by molar-refractivity contribution is 6.84. The van der Waals surface area contributed by atoms with Crippen molar-refractivity contribution in [1.82, 2.24) is 0 Å². The molecule has 0 aliphatic carbocycles. The van der Waals surface area contributed by atoms with E-state index in [2.05, 4.69) is 39.5 Å². The number of rotatable bonds is 9. The molecular formula is C14H30Si. The molecule has 15 heavy (non-hydrogen) atoms. The lowest BCUT2D eigenvalue weighted by Crippen LogP contribution is -2.28. The summed E-state index contributed by atoms with van der Waals surface area (Å²) in [6, 6.07) is 4.27. The summed E-state index contributed by atoms with van der Waals surface area (Å²) in [4.78, 5) is 0. The molecule has 0 bridgehead atoms. The first-order valence-corrected chi connectivity index (χ1v) is 9.62. The number of unbranched alkanes of at least 4 members (excludes halogenated alkanes) is 4. The minimum Gasteiger partial charge on any atom is -0.0981 e. The molecule has 0 saturated carbocycles. The third-order valence-corrected chi connectivity index (χ3v) is 8.98. The van der Waals surface area contributed by atoms with Gasteiger partial charge in [0.25, 0.3) is 0 Å². The van der Waals surface area contributed by atoms with E-state index in [9.17, 15) is 0 Å². The smallest absolute Gasteiger partial charge is 0.0766 e. The number of hydrogen-bond donors (Lipinski definition) is 0. The molecule has 0 nitrogen and oxygen atoms in total. The first-order valence-electron chi connectivity index (χ1n) is 6.92. The summed E-state index contributed by atoms with van der Waals surface area (Å²) < 4.78 is 0. The Hall–Kier alpha value is -0.0431. The largest absolute Gasteiger partial charge is 0.0981 e. The molecule has 0 atom stereocenters. The van der Waals surface area contributed by atoms with Crippen LogP contribution in [-0.4, -0.2) is 8.07 Å². The summed E-state index contributed by atoms with van der Waals surface area (Å²) in [6.07, 6.45) is 9.37. The maximum absolute atomic E-state index is 2.62. The number of allylic oxidation sites excluding steroid dienone is 1. The van der Waals surface area contributed by atoms with Gasteiger partial charge in [0.1, 0.15) is 0 Å². The molecule has 0 aromatic rings. The lowest BCUT2D eigenvalue weighted by Gasteiger charge is -2.23. The Bertz CT molecular complexity index is 148. The first-order chi connectivity index (χ1) is 7.24. The molecule has 0 aliphatic heterocycles. The average molecular weight is 226 g/mol. The lowest BCUT2D eigenvalue weighted by molar-refractivity contribution is 0.674. The zero-order valence-electron chi connectivity index (χ0n) is 11.3. The van der Waals surface area contributed by atoms with E-state index >= 15 is 0 Å². The normalized spacial score (nSPS) is 12.5. The Balaban J connectivity index is 3.80. The zero-order valence-corrected chi connectivity index (χ0v) is 12.3. The minimum atomic E-state index is -0.966. The van der Waals surface area contributed by atoms with Crippen molar-refractivity contribution >= 4 is 8.07 Å². The van der Waals surface area contributed by atoms with Gasteiger partial charge in [-0.2, -0.15) is 0 Å². The summed E-state index contributed by atoms with van der Waals surface area (Å²) >= 11 is 0. The van der Waals surface area contributed by atoms with Gasteiger partial charge in [-0.1, -0.05) is 76.9 Å². The Morgan fingerprint density at radius 1 is 0.800 bits per heavy atom. The summed E-state index contributed by atoms with van der Waals surface area (Å²) in [7, 11) is -0.966. The van der Waals surface area contributed by atoms with Gasteiger partial charge >= 0.3 is 0 Å².